The molecular weight excluding hydrogens is 276 g/mol. The lowest BCUT2D eigenvalue weighted by Crippen LogP contribution is -2.47. The molecule has 1 fully saturated rings. The molecule has 0 bridgehead atoms. The van der Waals surface area contributed by atoms with Gasteiger partial charge in [-0.15, -0.1) is 0 Å². The van der Waals surface area contributed by atoms with Gasteiger partial charge in [0.15, 0.2) is 5.75 Å². The number of methoxy groups -OCH3 is 1. The molecule has 7 nitrogen and oxygen atoms in total. The smallest absolute Gasteiger partial charge is 0.311 e. The number of nitro benzene ring substituents is 1. The number of nitrogens with zero attached hydrogens (tertiary/aromatic N) is 1. The average molecular weight is 294 g/mol. The van der Waals surface area contributed by atoms with Crippen molar-refractivity contribution in [3.63, 3.8) is 0 Å². The van der Waals surface area contributed by atoms with Crippen LogP contribution in [0.15, 0.2) is 18.2 Å². The van der Waals surface area contributed by atoms with Crippen LogP contribution in [0.2, 0.25) is 0 Å². The largest absolute Gasteiger partial charge is 0.490 e. The fourth-order valence-electron chi connectivity index (χ4n) is 2.76. The van der Waals surface area contributed by atoms with E-state index in [1.807, 2.05) is 0 Å². The Morgan fingerprint density at radius 1 is 1.57 bits per heavy atom. The maximum Gasteiger partial charge on any atom is 0.311 e. The molecule has 7 heteroatoms. The normalized spacial score (nSPS) is 21.8. The summed E-state index contributed by atoms with van der Waals surface area (Å²) in [7, 11) is 1.37. The van der Waals surface area contributed by atoms with E-state index < -0.39 is 16.3 Å². The molecular formula is C14H18N2O5. The highest BCUT2D eigenvalue weighted by Gasteiger charge is 2.40. The van der Waals surface area contributed by atoms with Crippen molar-refractivity contribution in [1.82, 2.24) is 5.32 Å². The Kier molecular flexibility index (Phi) is 4.42. The Morgan fingerprint density at radius 3 is 2.86 bits per heavy atom. The lowest BCUT2D eigenvalue weighted by atomic mass is 9.76. The third-order valence-corrected chi connectivity index (χ3v) is 3.91. The van der Waals surface area contributed by atoms with E-state index >= 15 is 0 Å². The van der Waals surface area contributed by atoms with Crippen molar-refractivity contribution in [3.05, 3.63) is 33.9 Å². The predicted molar refractivity (Wildman–Crippen MR) is 75.5 cm³/mol. The molecule has 0 radical (unpaired) electrons. The topological polar surface area (TPSA) is 102 Å². The van der Waals surface area contributed by atoms with Gasteiger partial charge in [-0.1, -0.05) is 6.07 Å². The van der Waals surface area contributed by atoms with Gasteiger partial charge in [-0.2, -0.15) is 0 Å². The van der Waals surface area contributed by atoms with Crippen molar-refractivity contribution in [1.29, 1.82) is 0 Å². The molecule has 1 unspecified atom stereocenters. The van der Waals surface area contributed by atoms with Crippen LogP contribution >= 0.6 is 0 Å². The minimum Gasteiger partial charge on any atom is -0.490 e. The van der Waals surface area contributed by atoms with Gasteiger partial charge in [0.2, 0.25) is 0 Å². The zero-order chi connectivity index (χ0) is 15.5. The van der Waals surface area contributed by atoms with Crippen molar-refractivity contribution < 1.29 is 19.6 Å². The zero-order valence-corrected chi connectivity index (χ0v) is 11.8. The molecule has 0 aromatic heterocycles. The number of nitrogens with one attached hydrogen (secondary N) is 1. The Hall–Kier alpha value is -2.15. The molecule has 0 spiro atoms. The van der Waals surface area contributed by atoms with Crippen molar-refractivity contribution in [2.24, 2.45) is 5.41 Å². The maximum absolute atomic E-state index is 11.6. The van der Waals surface area contributed by atoms with Crippen LogP contribution in [0.25, 0.3) is 0 Å². The van der Waals surface area contributed by atoms with Crippen LogP contribution in [0.5, 0.6) is 5.75 Å². The third-order valence-electron chi connectivity index (χ3n) is 3.91. The molecule has 114 valence electrons. The number of hydrogen-bond donors (Lipinski definition) is 2. The third kappa shape index (κ3) is 3.13. The summed E-state index contributed by atoms with van der Waals surface area (Å²) < 4.78 is 4.95. The molecule has 1 heterocycles. The highest BCUT2D eigenvalue weighted by molar-refractivity contribution is 5.75. The van der Waals surface area contributed by atoms with Crippen LogP contribution in [-0.2, 0) is 11.2 Å². The quantitative estimate of drug-likeness (QED) is 0.631. The molecule has 1 atom stereocenters. The molecule has 1 aromatic carbocycles. The first-order chi connectivity index (χ1) is 9.98. The summed E-state index contributed by atoms with van der Waals surface area (Å²) in [5.41, 5.74) is -0.409. The van der Waals surface area contributed by atoms with Crippen LogP contribution in [0, 0.1) is 15.5 Å². The van der Waals surface area contributed by atoms with Gasteiger partial charge in [-0.3, -0.25) is 14.9 Å². The minimum atomic E-state index is -0.902. The summed E-state index contributed by atoms with van der Waals surface area (Å²) >= 11 is 0. The van der Waals surface area contributed by atoms with Crippen LogP contribution in [0.4, 0.5) is 5.69 Å². The van der Waals surface area contributed by atoms with Gasteiger partial charge in [0, 0.05) is 12.6 Å². The van der Waals surface area contributed by atoms with Crippen LogP contribution in [0.3, 0.4) is 0 Å². The molecule has 0 saturated carbocycles. The fraction of sp³-hybridized carbons (Fsp3) is 0.500. The number of aliphatic carboxylic acids is 1. The van der Waals surface area contributed by atoms with E-state index in [4.69, 9.17) is 4.74 Å². The Morgan fingerprint density at radius 2 is 2.33 bits per heavy atom. The Balaban J connectivity index is 2.31. The second-order valence-corrected chi connectivity index (χ2v) is 5.31. The number of carboxylic acids is 1. The van der Waals surface area contributed by atoms with Crippen molar-refractivity contribution in [2.75, 3.05) is 20.2 Å². The second kappa shape index (κ2) is 6.09. The average Bonchev–Trinajstić information content (AvgIpc) is 2.48. The van der Waals surface area contributed by atoms with Crippen LogP contribution in [-0.4, -0.2) is 36.2 Å². The Labute approximate surface area is 122 Å². The van der Waals surface area contributed by atoms with Crippen LogP contribution < -0.4 is 10.1 Å². The number of benzene rings is 1. The van der Waals surface area contributed by atoms with E-state index in [9.17, 15) is 20.0 Å². The van der Waals surface area contributed by atoms with E-state index in [0.29, 0.717) is 18.5 Å². The van der Waals surface area contributed by atoms with E-state index in [1.54, 1.807) is 6.07 Å². The van der Waals surface area contributed by atoms with Crippen molar-refractivity contribution in [2.45, 2.75) is 19.3 Å². The maximum atomic E-state index is 11.6. The summed E-state index contributed by atoms with van der Waals surface area (Å²) in [6.45, 7) is 1.18. The number of rotatable bonds is 5. The number of ether oxygens (including phenoxy) is 1. The van der Waals surface area contributed by atoms with Gasteiger partial charge in [0.25, 0.3) is 0 Å². The first kappa shape index (κ1) is 15.2. The lowest BCUT2D eigenvalue weighted by Gasteiger charge is -2.33. The highest BCUT2D eigenvalue weighted by Crippen LogP contribution is 2.34. The van der Waals surface area contributed by atoms with E-state index in [-0.39, 0.29) is 17.9 Å². The zero-order valence-electron chi connectivity index (χ0n) is 11.8. The first-order valence-electron chi connectivity index (χ1n) is 6.74. The SMILES string of the molecule is COc1ccc(CC2(C(=O)O)CCCNC2)cc1[N+](=O)[O-]. The van der Waals surface area contributed by atoms with Gasteiger partial charge in [0.1, 0.15) is 0 Å². The minimum absolute atomic E-state index is 0.140. The first-order valence-corrected chi connectivity index (χ1v) is 6.74. The summed E-state index contributed by atoms with van der Waals surface area (Å²) in [6.07, 6.45) is 1.61. The van der Waals surface area contributed by atoms with E-state index in [1.165, 1.54) is 19.2 Å². The van der Waals surface area contributed by atoms with Gasteiger partial charge >= 0.3 is 11.7 Å². The molecule has 1 aliphatic rings. The number of piperidine rings is 1. The molecule has 1 aromatic rings. The molecule has 2 N–H and O–H groups in total. The van der Waals surface area contributed by atoms with E-state index in [2.05, 4.69) is 5.32 Å². The molecule has 0 aliphatic carbocycles. The summed E-state index contributed by atoms with van der Waals surface area (Å²) in [6, 6.07) is 4.60. The van der Waals surface area contributed by atoms with E-state index in [0.717, 1.165) is 13.0 Å². The molecule has 1 aliphatic heterocycles. The number of carbonyl (C=O) groups is 1. The number of nitro groups is 1. The molecule has 21 heavy (non-hydrogen) atoms. The molecule has 0 amide bonds. The van der Waals surface area contributed by atoms with Gasteiger partial charge in [-0.05, 0) is 37.4 Å². The van der Waals surface area contributed by atoms with Crippen molar-refractivity contribution in [3.8, 4) is 5.75 Å². The summed E-state index contributed by atoms with van der Waals surface area (Å²) in [5, 5.41) is 23.7. The molecule has 2 rings (SSSR count). The monoisotopic (exact) mass is 294 g/mol. The predicted octanol–water partition coefficient (Wildman–Crippen LogP) is 1.60. The number of hydrogen-bond acceptors (Lipinski definition) is 5. The van der Waals surface area contributed by atoms with Gasteiger partial charge in [0.05, 0.1) is 17.4 Å². The number of carboxylic acid groups (broad SMARTS) is 1. The van der Waals surface area contributed by atoms with Gasteiger partial charge < -0.3 is 15.2 Å². The lowest BCUT2D eigenvalue weighted by molar-refractivity contribution is -0.385. The standard InChI is InChI=1S/C14H18N2O5/c1-21-12-4-3-10(7-11(12)16(19)20)8-14(13(17)18)5-2-6-15-9-14/h3-4,7,15H,2,5-6,8-9H2,1H3,(H,17,18). The highest BCUT2D eigenvalue weighted by atomic mass is 16.6. The second-order valence-electron chi connectivity index (χ2n) is 5.31. The molecule has 1 saturated heterocycles. The Bertz CT molecular complexity index is 552. The van der Waals surface area contributed by atoms with Crippen molar-refractivity contribution >= 4 is 11.7 Å². The summed E-state index contributed by atoms with van der Waals surface area (Å²) in [5.74, 6) is -0.692. The van der Waals surface area contributed by atoms with Crippen LogP contribution in [0.1, 0.15) is 18.4 Å². The fourth-order valence-corrected chi connectivity index (χ4v) is 2.76. The summed E-state index contributed by atoms with van der Waals surface area (Å²) in [4.78, 5) is 22.1. The van der Waals surface area contributed by atoms with Gasteiger partial charge in [-0.25, -0.2) is 0 Å².